The molecule has 1 saturated carbocycles. The molecule has 2 fully saturated rings. The molecular weight excluding hydrogens is 256 g/mol. The van der Waals surface area contributed by atoms with Gasteiger partial charge in [-0.2, -0.15) is 5.10 Å². The SMILES string of the molecule is Cn1cc(-c2c[nH]cc2C(=O)N2CC3CC3(O)C2)cn1. The Labute approximate surface area is 116 Å². The number of nitrogens with zero attached hydrogens (tertiary/aromatic N) is 3. The Balaban J connectivity index is 1.63. The van der Waals surface area contributed by atoms with Crippen LogP contribution in [0.4, 0.5) is 0 Å². The second kappa shape index (κ2) is 3.73. The van der Waals surface area contributed by atoms with E-state index in [0.29, 0.717) is 18.7 Å². The van der Waals surface area contributed by atoms with Crippen molar-refractivity contribution in [3.8, 4) is 11.1 Å². The topological polar surface area (TPSA) is 74.2 Å². The monoisotopic (exact) mass is 272 g/mol. The average Bonchev–Trinajstić information content (AvgIpc) is 2.90. The molecule has 2 aromatic heterocycles. The normalized spacial score (nSPS) is 27.7. The smallest absolute Gasteiger partial charge is 0.256 e. The molecule has 2 atom stereocenters. The summed E-state index contributed by atoms with van der Waals surface area (Å²) in [5.41, 5.74) is 1.80. The highest BCUT2D eigenvalue weighted by atomic mass is 16.3. The van der Waals surface area contributed by atoms with Gasteiger partial charge in [0.25, 0.3) is 5.91 Å². The first-order chi connectivity index (χ1) is 9.57. The number of hydrogen-bond acceptors (Lipinski definition) is 3. The van der Waals surface area contributed by atoms with Gasteiger partial charge in [-0.05, 0) is 6.42 Å². The van der Waals surface area contributed by atoms with Gasteiger partial charge in [0.15, 0.2) is 0 Å². The fraction of sp³-hybridized carbons (Fsp3) is 0.429. The molecule has 1 amide bonds. The van der Waals surface area contributed by atoms with E-state index in [2.05, 4.69) is 10.1 Å². The minimum atomic E-state index is -0.611. The van der Waals surface area contributed by atoms with Crippen LogP contribution in [0.1, 0.15) is 16.8 Å². The number of amides is 1. The van der Waals surface area contributed by atoms with Crippen LogP contribution in [-0.4, -0.2) is 49.4 Å². The number of piperidine rings is 1. The average molecular weight is 272 g/mol. The molecule has 1 aliphatic carbocycles. The third kappa shape index (κ3) is 1.61. The summed E-state index contributed by atoms with van der Waals surface area (Å²) in [6.07, 6.45) is 8.00. The molecule has 0 spiro atoms. The van der Waals surface area contributed by atoms with E-state index >= 15 is 0 Å². The van der Waals surface area contributed by atoms with Crippen molar-refractivity contribution < 1.29 is 9.90 Å². The minimum absolute atomic E-state index is 0.0225. The van der Waals surface area contributed by atoms with Gasteiger partial charge in [-0.1, -0.05) is 0 Å². The lowest BCUT2D eigenvalue weighted by atomic mass is 10.1. The quantitative estimate of drug-likeness (QED) is 0.841. The summed E-state index contributed by atoms with van der Waals surface area (Å²) in [6, 6.07) is 0. The van der Waals surface area contributed by atoms with Crippen LogP contribution in [0.3, 0.4) is 0 Å². The standard InChI is InChI=1S/C14H16N4O2/c1-17-6-9(3-16-17)11-4-15-5-12(11)13(19)18-7-10-2-14(10,20)8-18/h3-6,10,15,20H,2,7-8H2,1H3. The molecule has 2 N–H and O–H groups in total. The molecule has 20 heavy (non-hydrogen) atoms. The number of nitrogens with one attached hydrogen (secondary N) is 1. The van der Waals surface area contributed by atoms with Crippen LogP contribution in [0, 0.1) is 5.92 Å². The molecule has 2 unspecified atom stereocenters. The summed E-state index contributed by atoms with van der Waals surface area (Å²) < 4.78 is 1.71. The first-order valence-electron chi connectivity index (χ1n) is 6.74. The van der Waals surface area contributed by atoms with Crippen molar-refractivity contribution >= 4 is 5.91 Å². The highest BCUT2D eigenvalue weighted by Crippen LogP contribution is 2.49. The number of fused-ring (bicyclic) bond motifs is 1. The van der Waals surface area contributed by atoms with Crippen molar-refractivity contribution in [3.63, 3.8) is 0 Å². The van der Waals surface area contributed by atoms with E-state index < -0.39 is 5.60 Å². The molecule has 0 bridgehead atoms. The summed E-state index contributed by atoms with van der Waals surface area (Å²) in [4.78, 5) is 17.3. The number of aromatic amines is 1. The Morgan fingerprint density at radius 1 is 1.55 bits per heavy atom. The van der Waals surface area contributed by atoms with Gasteiger partial charge in [0.2, 0.25) is 0 Å². The summed E-state index contributed by atoms with van der Waals surface area (Å²) in [5.74, 6) is 0.248. The van der Waals surface area contributed by atoms with Gasteiger partial charge in [0.1, 0.15) is 0 Å². The fourth-order valence-electron chi connectivity index (χ4n) is 3.12. The molecule has 6 heteroatoms. The lowest BCUT2D eigenvalue weighted by molar-refractivity contribution is 0.0704. The van der Waals surface area contributed by atoms with E-state index in [1.807, 2.05) is 19.4 Å². The second-order valence-electron chi connectivity index (χ2n) is 5.88. The van der Waals surface area contributed by atoms with E-state index in [1.165, 1.54) is 0 Å². The molecular formula is C14H16N4O2. The molecule has 6 nitrogen and oxygen atoms in total. The van der Waals surface area contributed by atoms with Gasteiger partial charge < -0.3 is 15.0 Å². The van der Waals surface area contributed by atoms with Crippen LogP contribution in [0.5, 0.6) is 0 Å². The second-order valence-corrected chi connectivity index (χ2v) is 5.88. The number of aromatic nitrogens is 3. The summed E-state index contributed by atoms with van der Waals surface area (Å²) in [7, 11) is 1.85. The van der Waals surface area contributed by atoms with E-state index in [1.54, 1.807) is 22.0 Å². The molecule has 2 aliphatic rings. The fourth-order valence-corrected chi connectivity index (χ4v) is 3.12. The van der Waals surface area contributed by atoms with Crippen molar-refractivity contribution in [1.29, 1.82) is 0 Å². The Morgan fingerprint density at radius 2 is 2.40 bits per heavy atom. The van der Waals surface area contributed by atoms with Gasteiger partial charge in [0.05, 0.1) is 23.9 Å². The highest BCUT2D eigenvalue weighted by molar-refractivity contribution is 6.01. The minimum Gasteiger partial charge on any atom is -0.388 e. The zero-order chi connectivity index (χ0) is 13.9. The molecule has 4 rings (SSSR count). The lowest BCUT2D eigenvalue weighted by Gasteiger charge is -2.19. The first kappa shape index (κ1) is 11.7. The number of aliphatic hydroxyl groups is 1. The van der Waals surface area contributed by atoms with E-state index in [-0.39, 0.29) is 11.8 Å². The Kier molecular flexibility index (Phi) is 2.18. The third-order valence-electron chi connectivity index (χ3n) is 4.38. The molecule has 0 aromatic carbocycles. The summed E-state index contributed by atoms with van der Waals surface area (Å²) in [6.45, 7) is 1.11. The number of likely N-dealkylation sites (tertiary alicyclic amines) is 1. The molecule has 1 saturated heterocycles. The van der Waals surface area contributed by atoms with Crippen LogP contribution in [0.25, 0.3) is 11.1 Å². The Morgan fingerprint density at radius 3 is 3.05 bits per heavy atom. The summed E-state index contributed by atoms with van der Waals surface area (Å²) >= 11 is 0. The van der Waals surface area contributed by atoms with Gasteiger partial charge in [-0.25, -0.2) is 0 Å². The molecule has 2 aromatic rings. The third-order valence-corrected chi connectivity index (χ3v) is 4.38. The predicted octanol–water partition coefficient (Wildman–Crippen LogP) is 0.622. The maximum atomic E-state index is 12.6. The van der Waals surface area contributed by atoms with Crippen molar-refractivity contribution in [3.05, 3.63) is 30.4 Å². The number of rotatable bonds is 2. The maximum absolute atomic E-state index is 12.6. The molecule has 3 heterocycles. The number of aryl methyl sites for hydroxylation is 1. The van der Waals surface area contributed by atoms with Gasteiger partial charge in [-0.15, -0.1) is 0 Å². The van der Waals surface area contributed by atoms with Gasteiger partial charge in [0, 0.05) is 49.2 Å². The molecule has 0 radical (unpaired) electrons. The highest BCUT2D eigenvalue weighted by Gasteiger charge is 2.60. The summed E-state index contributed by atoms with van der Waals surface area (Å²) in [5, 5.41) is 14.2. The van der Waals surface area contributed by atoms with E-state index in [9.17, 15) is 9.90 Å². The molecule has 104 valence electrons. The number of H-pyrrole nitrogens is 1. The number of carbonyl (C=O) groups is 1. The first-order valence-corrected chi connectivity index (χ1v) is 6.74. The Bertz CT molecular complexity index is 689. The van der Waals surface area contributed by atoms with Crippen LogP contribution in [0.2, 0.25) is 0 Å². The van der Waals surface area contributed by atoms with Crippen LogP contribution < -0.4 is 0 Å². The van der Waals surface area contributed by atoms with Crippen molar-refractivity contribution in [2.24, 2.45) is 13.0 Å². The van der Waals surface area contributed by atoms with E-state index in [0.717, 1.165) is 17.5 Å². The van der Waals surface area contributed by atoms with Crippen molar-refractivity contribution in [2.75, 3.05) is 13.1 Å². The van der Waals surface area contributed by atoms with E-state index in [4.69, 9.17) is 0 Å². The lowest BCUT2D eigenvalue weighted by Crippen LogP contribution is -2.33. The van der Waals surface area contributed by atoms with Crippen LogP contribution in [0.15, 0.2) is 24.8 Å². The predicted molar refractivity (Wildman–Crippen MR) is 72.0 cm³/mol. The van der Waals surface area contributed by atoms with Crippen molar-refractivity contribution in [1.82, 2.24) is 19.7 Å². The van der Waals surface area contributed by atoms with Gasteiger partial charge >= 0.3 is 0 Å². The maximum Gasteiger partial charge on any atom is 0.256 e. The zero-order valence-corrected chi connectivity index (χ0v) is 11.2. The van der Waals surface area contributed by atoms with Crippen molar-refractivity contribution in [2.45, 2.75) is 12.0 Å². The number of hydrogen-bond donors (Lipinski definition) is 2. The largest absolute Gasteiger partial charge is 0.388 e. The Hall–Kier alpha value is -2.08. The zero-order valence-electron chi connectivity index (χ0n) is 11.2. The number of β-amino-alcohol motifs (C(OH)–C–C–N with tert-alkyl or cyclic N) is 1. The van der Waals surface area contributed by atoms with Crippen LogP contribution in [-0.2, 0) is 7.05 Å². The number of carbonyl (C=O) groups excluding carboxylic acids is 1. The van der Waals surface area contributed by atoms with Gasteiger partial charge in [-0.3, -0.25) is 9.48 Å². The molecule has 1 aliphatic heterocycles. The van der Waals surface area contributed by atoms with Crippen LogP contribution >= 0.6 is 0 Å².